The molecule has 2 N–H and O–H groups in total. The van der Waals surface area contributed by atoms with Crippen LogP contribution in [0.4, 0.5) is 5.69 Å². The van der Waals surface area contributed by atoms with E-state index in [2.05, 4.69) is 15.6 Å². The fourth-order valence-corrected chi connectivity index (χ4v) is 3.45. The van der Waals surface area contributed by atoms with Crippen molar-refractivity contribution in [1.82, 2.24) is 10.3 Å². The molecule has 0 unspecified atom stereocenters. The highest BCUT2D eigenvalue weighted by atomic mass is 16.2. The zero-order chi connectivity index (χ0) is 23.9. The van der Waals surface area contributed by atoms with Gasteiger partial charge in [0, 0.05) is 28.6 Å². The molecule has 1 heterocycles. The van der Waals surface area contributed by atoms with Gasteiger partial charge in [0.05, 0.1) is 17.8 Å². The van der Waals surface area contributed by atoms with Crippen molar-refractivity contribution in [2.45, 2.75) is 13.5 Å². The summed E-state index contributed by atoms with van der Waals surface area (Å²) in [7, 11) is 0. The number of pyridine rings is 1. The molecule has 6 heteroatoms. The number of hydrogen-bond donors (Lipinski definition) is 2. The predicted molar refractivity (Wildman–Crippen MR) is 131 cm³/mol. The van der Waals surface area contributed by atoms with Gasteiger partial charge >= 0.3 is 0 Å². The van der Waals surface area contributed by atoms with Crippen LogP contribution in [0.25, 0.3) is 0 Å². The molecule has 0 fully saturated rings. The largest absolute Gasteiger partial charge is 0.346 e. The maximum Gasteiger partial charge on any atom is 0.256 e. The van der Waals surface area contributed by atoms with E-state index >= 15 is 0 Å². The van der Waals surface area contributed by atoms with E-state index in [4.69, 9.17) is 0 Å². The van der Waals surface area contributed by atoms with Gasteiger partial charge in [-0.15, -0.1) is 0 Å². The quantitative estimate of drug-likeness (QED) is 0.397. The molecule has 0 aliphatic carbocycles. The van der Waals surface area contributed by atoms with Crippen LogP contribution in [0.5, 0.6) is 0 Å². The van der Waals surface area contributed by atoms with Gasteiger partial charge in [0.15, 0.2) is 5.78 Å². The molecule has 0 saturated heterocycles. The van der Waals surface area contributed by atoms with E-state index in [1.54, 1.807) is 66.9 Å². The van der Waals surface area contributed by atoms with Gasteiger partial charge in [-0.05, 0) is 43.3 Å². The Hall–Kier alpha value is -4.58. The van der Waals surface area contributed by atoms with Crippen molar-refractivity contribution in [3.8, 4) is 0 Å². The summed E-state index contributed by atoms with van der Waals surface area (Å²) in [5.41, 5.74) is 3.73. The zero-order valence-electron chi connectivity index (χ0n) is 18.6. The lowest BCUT2D eigenvalue weighted by Crippen LogP contribution is -2.23. The molecule has 0 radical (unpaired) electrons. The van der Waals surface area contributed by atoms with Crippen LogP contribution in [0, 0.1) is 6.92 Å². The highest BCUT2D eigenvalue weighted by Crippen LogP contribution is 2.18. The first-order valence-electron chi connectivity index (χ1n) is 10.8. The second-order valence-corrected chi connectivity index (χ2v) is 7.78. The van der Waals surface area contributed by atoms with Crippen molar-refractivity contribution in [3.05, 3.63) is 131 Å². The maximum absolute atomic E-state index is 13.0. The molecule has 2 amide bonds. The molecule has 0 saturated carbocycles. The summed E-state index contributed by atoms with van der Waals surface area (Å²) in [5, 5.41) is 5.61. The number of rotatable bonds is 7. The molecule has 0 spiro atoms. The fourth-order valence-electron chi connectivity index (χ4n) is 3.45. The lowest BCUT2D eigenvalue weighted by Gasteiger charge is -2.11. The van der Waals surface area contributed by atoms with Gasteiger partial charge in [0.1, 0.15) is 0 Å². The van der Waals surface area contributed by atoms with E-state index in [1.807, 2.05) is 37.3 Å². The molecule has 6 nitrogen and oxygen atoms in total. The Morgan fingerprint density at radius 3 is 2.21 bits per heavy atom. The first kappa shape index (κ1) is 22.6. The number of nitrogens with zero attached hydrogens (tertiary/aromatic N) is 1. The molecule has 168 valence electrons. The Bertz CT molecular complexity index is 1330. The molecular formula is C28H23N3O3. The van der Waals surface area contributed by atoms with E-state index in [1.165, 1.54) is 0 Å². The second-order valence-electron chi connectivity index (χ2n) is 7.78. The third-order valence-electron chi connectivity index (χ3n) is 5.27. The van der Waals surface area contributed by atoms with Crippen molar-refractivity contribution in [2.75, 3.05) is 5.32 Å². The van der Waals surface area contributed by atoms with Crippen LogP contribution in [-0.4, -0.2) is 22.6 Å². The standard InChI is InChI=1S/C28H23N3O3/c1-19-12-14-20(15-13-19)26(32)24-10-2-3-11-25(24)28(34)31-22-9-6-7-21(17-22)27(33)30-18-23-8-4-5-16-29-23/h2-17H,18H2,1H3,(H,30,33)(H,31,34). The maximum atomic E-state index is 13.0. The first-order chi connectivity index (χ1) is 16.5. The van der Waals surface area contributed by atoms with Gasteiger partial charge in [0.2, 0.25) is 0 Å². The number of carbonyl (C=O) groups excluding carboxylic acids is 3. The van der Waals surface area contributed by atoms with Crippen molar-refractivity contribution < 1.29 is 14.4 Å². The topological polar surface area (TPSA) is 88.2 Å². The Labute approximate surface area is 197 Å². The zero-order valence-corrected chi connectivity index (χ0v) is 18.6. The lowest BCUT2D eigenvalue weighted by atomic mass is 9.97. The van der Waals surface area contributed by atoms with Gasteiger partial charge in [-0.25, -0.2) is 0 Å². The summed E-state index contributed by atoms with van der Waals surface area (Å²) in [5.74, 6) is -0.938. The van der Waals surface area contributed by atoms with Crippen LogP contribution in [-0.2, 0) is 6.54 Å². The molecule has 0 aliphatic heterocycles. The highest BCUT2D eigenvalue weighted by molar-refractivity contribution is 6.17. The van der Waals surface area contributed by atoms with Crippen LogP contribution in [0.15, 0.2) is 97.2 Å². The van der Waals surface area contributed by atoms with Gasteiger partial charge in [-0.3, -0.25) is 19.4 Å². The summed E-state index contributed by atoms with van der Waals surface area (Å²) >= 11 is 0. The lowest BCUT2D eigenvalue weighted by molar-refractivity contribution is 0.0949. The molecule has 1 aromatic heterocycles. The minimum atomic E-state index is -0.429. The Kier molecular flexibility index (Phi) is 6.89. The molecule has 4 rings (SSSR count). The van der Waals surface area contributed by atoms with Crippen molar-refractivity contribution >= 4 is 23.3 Å². The average Bonchev–Trinajstić information content (AvgIpc) is 2.88. The summed E-state index contributed by atoms with van der Waals surface area (Å²) in [4.78, 5) is 42.8. The Morgan fingerprint density at radius 1 is 0.735 bits per heavy atom. The number of carbonyl (C=O) groups is 3. The van der Waals surface area contributed by atoms with Gasteiger partial charge in [-0.1, -0.05) is 60.2 Å². The van der Waals surface area contributed by atoms with E-state index in [0.29, 0.717) is 28.9 Å². The number of benzene rings is 3. The van der Waals surface area contributed by atoms with Crippen LogP contribution in [0.1, 0.15) is 47.9 Å². The summed E-state index contributed by atoms with van der Waals surface area (Å²) in [6.45, 7) is 2.24. The number of anilines is 1. The van der Waals surface area contributed by atoms with Crippen molar-refractivity contribution in [3.63, 3.8) is 0 Å². The van der Waals surface area contributed by atoms with E-state index < -0.39 is 5.91 Å². The SMILES string of the molecule is Cc1ccc(C(=O)c2ccccc2C(=O)Nc2cccc(C(=O)NCc3ccccn3)c2)cc1. The third kappa shape index (κ3) is 5.42. The van der Waals surface area contributed by atoms with Crippen LogP contribution in [0.2, 0.25) is 0 Å². The number of hydrogen-bond acceptors (Lipinski definition) is 4. The number of amides is 2. The van der Waals surface area contributed by atoms with Crippen molar-refractivity contribution in [1.29, 1.82) is 0 Å². The number of nitrogens with one attached hydrogen (secondary N) is 2. The predicted octanol–water partition coefficient (Wildman–Crippen LogP) is 4.80. The van der Waals surface area contributed by atoms with Crippen LogP contribution < -0.4 is 10.6 Å². The number of aryl methyl sites for hydroxylation is 1. The number of aromatic nitrogens is 1. The summed E-state index contributed by atoms with van der Waals surface area (Å²) in [6.07, 6.45) is 1.67. The second kappa shape index (κ2) is 10.4. The van der Waals surface area contributed by atoms with Crippen LogP contribution in [0.3, 0.4) is 0 Å². The fraction of sp³-hybridized carbons (Fsp3) is 0.0714. The van der Waals surface area contributed by atoms with Crippen LogP contribution >= 0.6 is 0 Å². The molecule has 34 heavy (non-hydrogen) atoms. The molecule has 0 aliphatic rings. The minimum Gasteiger partial charge on any atom is -0.346 e. The molecule has 4 aromatic rings. The van der Waals surface area contributed by atoms with Gasteiger partial charge in [-0.2, -0.15) is 0 Å². The third-order valence-corrected chi connectivity index (χ3v) is 5.27. The van der Waals surface area contributed by atoms with E-state index in [9.17, 15) is 14.4 Å². The minimum absolute atomic E-state index is 0.228. The van der Waals surface area contributed by atoms with E-state index in [0.717, 1.165) is 11.3 Å². The Balaban J connectivity index is 1.49. The van der Waals surface area contributed by atoms with Gasteiger partial charge in [0.25, 0.3) is 11.8 Å². The molecule has 0 atom stereocenters. The summed E-state index contributed by atoms with van der Waals surface area (Å²) in [6, 6.07) is 26.0. The summed E-state index contributed by atoms with van der Waals surface area (Å²) < 4.78 is 0. The molecular weight excluding hydrogens is 426 g/mol. The van der Waals surface area contributed by atoms with Crippen molar-refractivity contribution in [2.24, 2.45) is 0 Å². The van der Waals surface area contributed by atoms with Gasteiger partial charge < -0.3 is 10.6 Å². The average molecular weight is 450 g/mol. The Morgan fingerprint density at radius 2 is 1.47 bits per heavy atom. The number of ketones is 1. The first-order valence-corrected chi connectivity index (χ1v) is 10.8. The highest BCUT2D eigenvalue weighted by Gasteiger charge is 2.18. The smallest absolute Gasteiger partial charge is 0.256 e. The molecule has 0 bridgehead atoms. The normalized spacial score (nSPS) is 10.4. The van der Waals surface area contributed by atoms with E-state index in [-0.39, 0.29) is 17.3 Å². The monoisotopic (exact) mass is 449 g/mol. The molecule has 3 aromatic carbocycles.